The zero-order valence-corrected chi connectivity index (χ0v) is 12.8. The Balaban J connectivity index is 0.00000200. The topological polar surface area (TPSA) is 12.5 Å². The summed E-state index contributed by atoms with van der Waals surface area (Å²) in [5.74, 6) is 0. The number of hydrogen-bond acceptors (Lipinski definition) is 2. The molecule has 0 aliphatic rings. The molecule has 0 aliphatic carbocycles. The van der Waals surface area contributed by atoms with Gasteiger partial charge in [-0.05, 0) is 25.2 Å². The van der Waals surface area contributed by atoms with Gasteiger partial charge in [0, 0.05) is 6.54 Å². The van der Waals surface area contributed by atoms with Gasteiger partial charge in [-0.1, -0.05) is 60.7 Å². The number of nitrogens with zero attached hydrogens (tertiary/aromatic N) is 1. The monoisotopic (exact) mass is 290 g/mol. The molecule has 0 atom stereocenters. The lowest BCUT2D eigenvalue weighted by Gasteiger charge is -2.20. The summed E-state index contributed by atoms with van der Waals surface area (Å²) >= 11 is 0. The van der Waals surface area contributed by atoms with Crippen LogP contribution in [0.4, 0.5) is 0 Å². The van der Waals surface area contributed by atoms with Crippen molar-refractivity contribution in [3.05, 3.63) is 71.8 Å². The normalized spacial score (nSPS) is 10.6. The third-order valence-corrected chi connectivity index (χ3v) is 3.03. The number of ether oxygens (including phenoxy) is 1. The minimum atomic E-state index is 0. The molecule has 0 spiro atoms. The maximum Gasteiger partial charge on any atom is 0.108 e. The molecule has 2 aromatic rings. The minimum Gasteiger partial charge on any atom is -1.00 e. The number of benzene rings is 2. The lowest BCUT2D eigenvalue weighted by atomic mass is 10.0. The van der Waals surface area contributed by atoms with Crippen molar-refractivity contribution in [2.24, 2.45) is 0 Å². The fourth-order valence-corrected chi connectivity index (χ4v) is 1.99. The van der Waals surface area contributed by atoms with E-state index < -0.39 is 0 Å². The highest BCUT2D eigenvalue weighted by Gasteiger charge is 2.13. The van der Waals surface area contributed by atoms with Gasteiger partial charge >= 0.3 is 0 Å². The first-order chi connectivity index (χ1) is 9.27. The van der Waals surface area contributed by atoms with Gasteiger partial charge < -0.3 is 22.0 Å². The van der Waals surface area contributed by atoms with E-state index in [1.54, 1.807) is 0 Å². The summed E-state index contributed by atoms with van der Waals surface area (Å²) in [6.45, 7) is 1.65. The highest BCUT2D eigenvalue weighted by molar-refractivity contribution is 5.29. The molecule has 2 rings (SSSR count). The average Bonchev–Trinajstić information content (AvgIpc) is 2.45. The fraction of sp³-hybridized carbons (Fsp3) is 0.294. The van der Waals surface area contributed by atoms with Crippen molar-refractivity contribution in [3.63, 3.8) is 0 Å². The predicted octanol–water partition coefficient (Wildman–Crippen LogP) is 0.358. The van der Waals surface area contributed by atoms with Crippen LogP contribution in [0.2, 0.25) is 0 Å². The van der Waals surface area contributed by atoms with Gasteiger partial charge in [-0.25, -0.2) is 0 Å². The second kappa shape index (κ2) is 8.75. The van der Waals surface area contributed by atoms with Crippen molar-refractivity contribution >= 4 is 0 Å². The maximum absolute atomic E-state index is 6.08. The molecule has 0 radical (unpaired) electrons. The lowest BCUT2D eigenvalue weighted by Crippen LogP contribution is -3.00. The first kappa shape index (κ1) is 16.7. The van der Waals surface area contributed by atoms with Crippen molar-refractivity contribution in [1.29, 1.82) is 0 Å². The van der Waals surface area contributed by atoms with Crippen LogP contribution >= 0.6 is 0 Å². The van der Waals surface area contributed by atoms with Crippen LogP contribution in [0, 0.1) is 0 Å². The number of halogens is 1. The van der Waals surface area contributed by atoms with E-state index in [4.69, 9.17) is 4.74 Å². The third-order valence-electron chi connectivity index (χ3n) is 3.03. The molecule has 0 bridgehead atoms. The van der Waals surface area contributed by atoms with E-state index in [9.17, 15) is 0 Å². The van der Waals surface area contributed by atoms with Gasteiger partial charge in [0.2, 0.25) is 0 Å². The molecular weight excluding hydrogens is 270 g/mol. The van der Waals surface area contributed by atoms with E-state index in [1.165, 1.54) is 11.1 Å². The molecule has 0 saturated carbocycles. The summed E-state index contributed by atoms with van der Waals surface area (Å²) in [5, 5.41) is 0. The highest BCUT2D eigenvalue weighted by atomic mass is 35.5. The molecule has 20 heavy (non-hydrogen) atoms. The molecule has 0 aromatic heterocycles. The largest absolute Gasteiger partial charge is 1.00 e. The number of rotatable bonds is 6. The van der Waals surface area contributed by atoms with Crippen molar-refractivity contribution in [2.75, 3.05) is 27.2 Å². The summed E-state index contributed by atoms with van der Waals surface area (Å²) in [6.07, 6.45) is 0.0161. The summed E-state index contributed by atoms with van der Waals surface area (Å²) in [6, 6.07) is 20.8. The van der Waals surface area contributed by atoms with Crippen molar-refractivity contribution in [3.8, 4) is 0 Å². The summed E-state index contributed by atoms with van der Waals surface area (Å²) < 4.78 is 6.08. The van der Waals surface area contributed by atoms with E-state index in [1.807, 2.05) is 12.1 Å². The quantitative estimate of drug-likeness (QED) is 0.762. The second-order valence-corrected chi connectivity index (χ2v) is 4.88. The average molecular weight is 291 g/mol. The number of hydrogen-bond donors (Lipinski definition) is 0. The van der Waals surface area contributed by atoms with E-state index in [2.05, 4.69) is 67.5 Å². The fourth-order valence-electron chi connectivity index (χ4n) is 1.99. The molecule has 0 saturated heterocycles. The van der Waals surface area contributed by atoms with Crippen LogP contribution in [-0.4, -0.2) is 32.1 Å². The molecule has 0 aliphatic heterocycles. The zero-order chi connectivity index (χ0) is 13.5. The molecule has 108 valence electrons. The van der Waals surface area contributed by atoms with E-state index in [-0.39, 0.29) is 18.5 Å². The lowest BCUT2D eigenvalue weighted by molar-refractivity contribution is -0.00000528. The Bertz CT molecular complexity index is 433. The van der Waals surface area contributed by atoms with Crippen molar-refractivity contribution in [1.82, 2.24) is 4.90 Å². The molecule has 0 amide bonds. The Hall–Kier alpha value is -1.35. The third kappa shape index (κ3) is 4.97. The summed E-state index contributed by atoms with van der Waals surface area (Å²) in [7, 11) is 4.12. The minimum absolute atomic E-state index is 0. The van der Waals surface area contributed by atoms with E-state index in [0.717, 1.165) is 13.2 Å². The van der Waals surface area contributed by atoms with Gasteiger partial charge in [0.05, 0.1) is 6.61 Å². The van der Waals surface area contributed by atoms with Crippen LogP contribution in [0.3, 0.4) is 0 Å². The van der Waals surface area contributed by atoms with Crippen LogP contribution in [0.15, 0.2) is 60.7 Å². The summed E-state index contributed by atoms with van der Waals surface area (Å²) in [5.41, 5.74) is 2.40. The van der Waals surface area contributed by atoms with Crippen LogP contribution in [-0.2, 0) is 4.74 Å². The first-order valence-electron chi connectivity index (χ1n) is 6.63. The highest BCUT2D eigenvalue weighted by Crippen LogP contribution is 2.25. The van der Waals surface area contributed by atoms with Crippen LogP contribution in [0.5, 0.6) is 0 Å². The molecule has 3 heteroatoms. The Morgan fingerprint density at radius 3 is 1.70 bits per heavy atom. The molecular formula is C17H21ClNO-. The predicted molar refractivity (Wildman–Crippen MR) is 79.2 cm³/mol. The second-order valence-electron chi connectivity index (χ2n) is 4.88. The smallest absolute Gasteiger partial charge is 0.108 e. The molecule has 0 unspecified atom stereocenters. The van der Waals surface area contributed by atoms with Gasteiger partial charge in [0.1, 0.15) is 6.10 Å². The Kier molecular flexibility index (Phi) is 7.31. The summed E-state index contributed by atoms with van der Waals surface area (Å²) in [4.78, 5) is 2.13. The Morgan fingerprint density at radius 2 is 1.30 bits per heavy atom. The van der Waals surface area contributed by atoms with Gasteiger partial charge in [-0.3, -0.25) is 0 Å². The standard InChI is InChI=1S/C17H21NO.ClH/c1-18(2)13-14-19-17(15-9-5-3-6-10-15)16-11-7-4-8-12-16;/h3-12,17H,13-14H2,1-2H3;1H/p-1. The van der Waals surface area contributed by atoms with Crippen molar-refractivity contribution < 1.29 is 17.1 Å². The van der Waals surface area contributed by atoms with Crippen molar-refractivity contribution in [2.45, 2.75) is 6.10 Å². The molecule has 2 nitrogen and oxygen atoms in total. The number of likely N-dealkylation sites (N-methyl/N-ethyl adjacent to an activating group) is 1. The Morgan fingerprint density at radius 1 is 0.850 bits per heavy atom. The Labute approximate surface area is 127 Å². The molecule has 0 N–H and O–H groups in total. The zero-order valence-electron chi connectivity index (χ0n) is 12.0. The van der Waals surface area contributed by atoms with Gasteiger partial charge in [0.25, 0.3) is 0 Å². The molecule has 0 fully saturated rings. The van der Waals surface area contributed by atoms with E-state index >= 15 is 0 Å². The van der Waals surface area contributed by atoms with Crippen LogP contribution in [0.1, 0.15) is 17.2 Å². The van der Waals surface area contributed by atoms with E-state index in [0.29, 0.717) is 0 Å². The maximum atomic E-state index is 6.08. The first-order valence-corrected chi connectivity index (χ1v) is 6.63. The van der Waals surface area contributed by atoms with Gasteiger partial charge in [-0.2, -0.15) is 0 Å². The van der Waals surface area contributed by atoms with Gasteiger partial charge in [-0.15, -0.1) is 0 Å². The molecule has 2 aromatic carbocycles. The molecule has 0 heterocycles. The van der Waals surface area contributed by atoms with Crippen LogP contribution in [0.25, 0.3) is 0 Å². The van der Waals surface area contributed by atoms with Gasteiger partial charge in [0.15, 0.2) is 0 Å². The SMILES string of the molecule is CN(C)CCOC(c1ccccc1)c1ccccc1.[Cl-]. The van der Waals surface area contributed by atoms with Crippen LogP contribution < -0.4 is 12.4 Å².